The van der Waals surface area contributed by atoms with Crippen molar-refractivity contribution in [1.82, 2.24) is 15.8 Å². The van der Waals surface area contributed by atoms with E-state index in [1.165, 1.54) is 41.4 Å². The second-order valence-electron chi connectivity index (χ2n) is 8.75. The summed E-state index contributed by atoms with van der Waals surface area (Å²) < 4.78 is 54.7. The van der Waals surface area contributed by atoms with Gasteiger partial charge in [-0.1, -0.05) is 36.4 Å². The van der Waals surface area contributed by atoms with Crippen LogP contribution in [0.2, 0.25) is 0 Å². The number of hydrogen-bond donors (Lipinski definition) is 2. The summed E-state index contributed by atoms with van der Waals surface area (Å²) in [6.45, 7) is -0.138. The van der Waals surface area contributed by atoms with Crippen molar-refractivity contribution in [3.63, 3.8) is 0 Å². The van der Waals surface area contributed by atoms with Crippen molar-refractivity contribution in [1.29, 1.82) is 5.26 Å². The topological polar surface area (TPSA) is 88.5 Å². The van der Waals surface area contributed by atoms with Crippen molar-refractivity contribution in [2.75, 3.05) is 11.4 Å². The minimum absolute atomic E-state index is 0.0468. The monoisotopic (exact) mass is 521 g/mol. The molecule has 1 unspecified atom stereocenters. The normalized spacial score (nSPS) is 18.0. The number of benzene rings is 3. The minimum atomic E-state index is -4.65. The number of urea groups is 1. The molecule has 3 aromatic rings. The van der Waals surface area contributed by atoms with Crippen LogP contribution in [0.4, 0.5) is 28.0 Å². The van der Waals surface area contributed by atoms with Crippen LogP contribution in [0, 0.1) is 17.1 Å². The van der Waals surface area contributed by atoms with Crippen molar-refractivity contribution in [3.05, 3.63) is 112 Å². The van der Waals surface area contributed by atoms with Gasteiger partial charge in [0.05, 0.1) is 46.7 Å². The molecule has 0 saturated heterocycles. The Kier molecular flexibility index (Phi) is 6.34. The molecule has 3 aromatic carbocycles. The highest BCUT2D eigenvalue weighted by atomic mass is 19.4. The molecule has 1 atom stereocenters. The maximum absolute atomic E-state index is 14.3. The lowest BCUT2D eigenvalue weighted by atomic mass is 9.92. The van der Waals surface area contributed by atoms with Gasteiger partial charge in [0.25, 0.3) is 5.91 Å². The zero-order valence-corrected chi connectivity index (χ0v) is 19.6. The van der Waals surface area contributed by atoms with E-state index in [4.69, 9.17) is 5.26 Å². The van der Waals surface area contributed by atoms with Crippen LogP contribution in [0.25, 0.3) is 0 Å². The lowest BCUT2D eigenvalue weighted by molar-refractivity contribution is -0.137. The zero-order chi connectivity index (χ0) is 27.0. The van der Waals surface area contributed by atoms with Crippen LogP contribution in [-0.2, 0) is 17.5 Å². The Morgan fingerprint density at radius 1 is 1.00 bits per heavy atom. The SMILES string of the molecule is N#Cc1ccc(C2NC(=O)N(c3cccc(C(F)(F)F)c3)C3=C2C(=O)NN(Cc2ccccc2F)C3)cc1. The molecule has 0 bridgehead atoms. The quantitative estimate of drug-likeness (QED) is 0.484. The summed E-state index contributed by atoms with van der Waals surface area (Å²) in [5.41, 5.74) is 3.10. The summed E-state index contributed by atoms with van der Waals surface area (Å²) in [5.74, 6) is -1.10. The second-order valence-corrected chi connectivity index (χ2v) is 8.75. The number of nitrogens with one attached hydrogen (secondary N) is 2. The summed E-state index contributed by atoms with van der Waals surface area (Å²) in [6.07, 6.45) is -4.65. The highest BCUT2D eigenvalue weighted by Gasteiger charge is 2.42. The van der Waals surface area contributed by atoms with E-state index in [0.29, 0.717) is 11.1 Å². The third kappa shape index (κ3) is 4.69. The Hall–Kier alpha value is -4.69. The predicted molar refractivity (Wildman–Crippen MR) is 128 cm³/mol. The third-order valence-corrected chi connectivity index (χ3v) is 6.31. The molecule has 192 valence electrons. The van der Waals surface area contributed by atoms with Crippen molar-refractivity contribution < 1.29 is 27.2 Å². The lowest BCUT2D eigenvalue weighted by Gasteiger charge is -2.42. The molecule has 2 heterocycles. The number of carbonyl (C=O) groups excluding carboxylic acids is 2. The van der Waals surface area contributed by atoms with Gasteiger partial charge in [-0.25, -0.2) is 14.2 Å². The van der Waals surface area contributed by atoms with Gasteiger partial charge in [-0.05, 0) is 42.0 Å². The molecule has 0 radical (unpaired) electrons. The van der Waals surface area contributed by atoms with E-state index in [0.717, 1.165) is 17.0 Å². The predicted octanol–water partition coefficient (Wildman–Crippen LogP) is 4.79. The largest absolute Gasteiger partial charge is 0.416 e. The molecule has 11 heteroatoms. The molecular formula is C27H19F4N5O2. The Morgan fingerprint density at radius 2 is 1.74 bits per heavy atom. The van der Waals surface area contributed by atoms with E-state index in [-0.39, 0.29) is 35.6 Å². The number of rotatable bonds is 4. The third-order valence-electron chi connectivity index (χ3n) is 6.31. The van der Waals surface area contributed by atoms with Gasteiger partial charge in [-0.2, -0.15) is 18.4 Å². The second kappa shape index (κ2) is 9.64. The highest BCUT2D eigenvalue weighted by molar-refractivity contribution is 6.05. The van der Waals surface area contributed by atoms with E-state index < -0.39 is 35.5 Å². The number of carbonyl (C=O) groups is 2. The molecule has 0 aliphatic carbocycles. The van der Waals surface area contributed by atoms with Gasteiger partial charge in [-0.15, -0.1) is 0 Å². The molecule has 5 rings (SSSR count). The molecule has 0 spiro atoms. The van der Waals surface area contributed by atoms with E-state index >= 15 is 0 Å². The van der Waals surface area contributed by atoms with Crippen LogP contribution in [-0.4, -0.2) is 23.5 Å². The summed E-state index contributed by atoms with van der Waals surface area (Å²) in [6, 6.07) is 16.8. The standard InChI is InChI=1S/C27H19F4N5O2/c28-21-7-2-1-4-18(21)14-35-15-22-23(25(37)34-35)24(17-10-8-16(13-32)9-11-17)33-26(38)36(22)20-6-3-5-19(12-20)27(29,30)31/h1-12,24H,14-15H2,(H,33,38)(H,34,37). The van der Waals surface area contributed by atoms with Gasteiger partial charge in [0.1, 0.15) is 5.82 Å². The van der Waals surface area contributed by atoms with E-state index in [2.05, 4.69) is 10.7 Å². The molecule has 0 fully saturated rings. The smallest absolute Gasteiger partial charge is 0.326 e. The van der Waals surface area contributed by atoms with Crippen LogP contribution in [0.5, 0.6) is 0 Å². The fourth-order valence-electron chi connectivity index (χ4n) is 4.53. The number of alkyl halides is 3. The fraction of sp³-hybridized carbons (Fsp3) is 0.148. The number of amides is 3. The van der Waals surface area contributed by atoms with Crippen molar-refractivity contribution >= 4 is 17.6 Å². The van der Waals surface area contributed by atoms with Crippen molar-refractivity contribution in [2.24, 2.45) is 0 Å². The molecule has 0 aromatic heterocycles. The van der Waals surface area contributed by atoms with Crippen LogP contribution in [0.15, 0.2) is 84.1 Å². The molecule has 2 N–H and O–H groups in total. The maximum atomic E-state index is 14.3. The Balaban J connectivity index is 1.61. The van der Waals surface area contributed by atoms with Crippen LogP contribution in [0.1, 0.15) is 28.3 Å². The van der Waals surface area contributed by atoms with E-state index in [9.17, 15) is 27.2 Å². The van der Waals surface area contributed by atoms with E-state index in [1.807, 2.05) is 6.07 Å². The molecule has 2 aliphatic heterocycles. The lowest BCUT2D eigenvalue weighted by Crippen LogP contribution is -2.58. The summed E-state index contributed by atoms with van der Waals surface area (Å²) in [4.78, 5) is 27.8. The molecule has 7 nitrogen and oxygen atoms in total. The van der Waals surface area contributed by atoms with Gasteiger partial charge >= 0.3 is 12.2 Å². The number of nitriles is 1. The number of anilines is 1. The van der Waals surface area contributed by atoms with Crippen LogP contribution < -0.4 is 15.6 Å². The number of hydrazine groups is 1. The van der Waals surface area contributed by atoms with Crippen LogP contribution in [0.3, 0.4) is 0 Å². The Morgan fingerprint density at radius 3 is 2.42 bits per heavy atom. The summed E-state index contributed by atoms with van der Waals surface area (Å²) in [5, 5.41) is 13.2. The van der Waals surface area contributed by atoms with Gasteiger partial charge in [-0.3, -0.25) is 15.1 Å². The van der Waals surface area contributed by atoms with Gasteiger partial charge in [0, 0.05) is 12.1 Å². The van der Waals surface area contributed by atoms with Gasteiger partial charge in [0.15, 0.2) is 0 Å². The number of hydrogen-bond acceptors (Lipinski definition) is 4. The average molecular weight is 521 g/mol. The summed E-state index contributed by atoms with van der Waals surface area (Å²) in [7, 11) is 0. The summed E-state index contributed by atoms with van der Waals surface area (Å²) >= 11 is 0. The molecular weight excluding hydrogens is 502 g/mol. The number of nitrogens with zero attached hydrogens (tertiary/aromatic N) is 3. The molecule has 38 heavy (non-hydrogen) atoms. The first-order valence-corrected chi connectivity index (χ1v) is 11.5. The molecule has 2 aliphatic rings. The van der Waals surface area contributed by atoms with Crippen LogP contribution >= 0.6 is 0 Å². The van der Waals surface area contributed by atoms with E-state index in [1.54, 1.807) is 24.3 Å². The fourth-order valence-corrected chi connectivity index (χ4v) is 4.53. The zero-order valence-electron chi connectivity index (χ0n) is 19.6. The average Bonchev–Trinajstić information content (AvgIpc) is 2.89. The van der Waals surface area contributed by atoms with Gasteiger partial charge in [0.2, 0.25) is 0 Å². The maximum Gasteiger partial charge on any atom is 0.416 e. The first kappa shape index (κ1) is 25.0. The molecule has 3 amide bonds. The molecule has 0 saturated carbocycles. The van der Waals surface area contributed by atoms with Crippen molar-refractivity contribution in [2.45, 2.75) is 18.8 Å². The Bertz CT molecular complexity index is 1490. The van der Waals surface area contributed by atoms with Gasteiger partial charge < -0.3 is 5.32 Å². The minimum Gasteiger partial charge on any atom is -0.326 e. The first-order valence-electron chi connectivity index (χ1n) is 11.5. The Labute approximate surface area is 214 Å². The van der Waals surface area contributed by atoms with Crippen molar-refractivity contribution in [3.8, 4) is 6.07 Å². The highest BCUT2D eigenvalue weighted by Crippen LogP contribution is 2.38. The first-order chi connectivity index (χ1) is 18.2. The number of halogens is 4.